The molecule has 0 radical (unpaired) electrons. The Bertz CT molecular complexity index is 389. The summed E-state index contributed by atoms with van der Waals surface area (Å²) in [5.41, 5.74) is 4.05. The van der Waals surface area contributed by atoms with Crippen LogP contribution in [0.15, 0.2) is 24.3 Å². The van der Waals surface area contributed by atoms with Gasteiger partial charge in [-0.15, -0.1) is 0 Å². The Balaban J connectivity index is 2.12. The number of hydrogen-bond acceptors (Lipinski definition) is 4. The first-order valence-corrected chi connectivity index (χ1v) is 7.00. The number of ether oxygens (including phenoxy) is 2. The predicted octanol–water partition coefficient (Wildman–Crippen LogP) is 2.40. The quantitative estimate of drug-likeness (QED) is 0.612. The van der Waals surface area contributed by atoms with E-state index in [0.717, 1.165) is 37.4 Å². The van der Waals surface area contributed by atoms with Crippen LogP contribution in [0.4, 0.5) is 0 Å². The summed E-state index contributed by atoms with van der Waals surface area (Å²) in [6.45, 7) is 5.77. The lowest BCUT2D eigenvalue weighted by atomic mass is 9.94. The molecule has 1 aliphatic heterocycles. The molecule has 1 heterocycles. The molecule has 1 aromatic carbocycles. The molecule has 0 amide bonds. The lowest BCUT2D eigenvalue weighted by Gasteiger charge is -2.23. The van der Waals surface area contributed by atoms with Crippen LogP contribution in [0.3, 0.4) is 0 Å². The van der Waals surface area contributed by atoms with Crippen LogP contribution in [-0.2, 0) is 4.74 Å². The van der Waals surface area contributed by atoms with E-state index < -0.39 is 0 Å². The predicted molar refractivity (Wildman–Crippen MR) is 75.8 cm³/mol. The van der Waals surface area contributed by atoms with Gasteiger partial charge in [0, 0.05) is 24.8 Å². The summed E-state index contributed by atoms with van der Waals surface area (Å²) in [5.74, 6) is 7.23. The van der Waals surface area contributed by atoms with Gasteiger partial charge in [0.25, 0.3) is 0 Å². The summed E-state index contributed by atoms with van der Waals surface area (Å²) >= 11 is 0. The third kappa shape index (κ3) is 3.93. The molecule has 0 saturated carbocycles. The molecule has 1 aromatic rings. The molecule has 0 spiro atoms. The van der Waals surface area contributed by atoms with E-state index in [4.69, 9.17) is 15.3 Å². The second-order valence-electron chi connectivity index (χ2n) is 5.39. The molecule has 2 rings (SSSR count). The van der Waals surface area contributed by atoms with E-state index in [1.807, 2.05) is 32.0 Å². The number of hydrogen-bond donors (Lipinski definition) is 2. The largest absolute Gasteiger partial charge is 0.491 e. The second-order valence-corrected chi connectivity index (χ2v) is 5.39. The Kier molecular flexibility index (Phi) is 5.19. The van der Waals surface area contributed by atoms with Crippen molar-refractivity contribution in [2.45, 2.75) is 38.8 Å². The van der Waals surface area contributed by atoms with Gasteiger partial charge in [0.05, 0.1) is 6.10 Å². The molecule has 2 unspecified atom stereocenters. The molecule has 0 bridgehead atoms. The van der Waals surface area contributed by atoms with Gasteiger partial charge in [0.1, 0.15) is 5.75 Å². The maximum absolute atomic E-state index is 5.87. The lowest BCUT2D eigenvalue weighted by Crippen LogP contribution is -2.30. The topological polar surface area (TPSA) is 56.5 Å². The molecule has 1 saturated heterocycles. The third-order valence-electron chi connectivity index (χ3n) is 3.45. The Morgan fingerprint density at radius 1 is 1.42 bits per heavy atom. The van der Waals surface area contributed by atoms with E-state index in [1.54, 1.807) is 0 Å². The molecule has 4 heteroatoms. The number of hydrazine groups is 1. The summed E-state index contributed by atoms with van der Waals surface area (Å²) in [4.78, 5) is 0. The minimum Gasteiger partial charge on any atom is -0.491 e. The van der Waals surface area contributed by atoms with Crippen molar-refractivity contribution in [3.63, 3.8) is 0 Å². The smallest absolute Gasteiger partial charge is 0.124 e. The zero-order valence-electron chi connectivity index (χ0n) is 11.8. The fraction of sp³-hybridized carbons (Fsp3) is 0.600. The van der Waals surface area contributed by atoms with Gasteiger partial charge in [-0.05, 0) is 38.7 Å². The normalized spacial score (nSPS) is 20.7. The highest BCUT2D eigenvalue weighted by Crippen LogP contribution is 2.31. The van der Waals surface area contributed by atoms with Gasteiger partial charge in [-0.2, -0.15) is 0 Å². The van der Waals surface area contributed by atoms with Crippen molar-refractivity contribution in [3.8, 4) is 5.75 Å². The average molecular weight is 264 g/mol. The van der Waals surface area contributed by atoms with Crippen LogP contribution in [0.1, 0.15) is 38.3 Å². The first kappa shape index (κ1) is 14.3. The molecule has 19 heavy (non-hydrogen) atoms. The highest BCUT2D eigenvalue weighted by Gasteiger charge is 2.23. The molecule has 106 valence electrons. The molecule has 0 aromatic heterocycles. The van der Waals surface area contributed by atoms with Crippen molar-refractivity contribution >= 4 is 0 Å². The minimum atomic E-state index is 0.113. The molecule has 4 nitrogen and oxygen atoms in total. The van der Waals surface area contributed by atoms with Gasteiger partial charge in [0.2, 0.25) is 0 Å². The molecule has 1 fully saturated rings. The van der Waals surface area contributed by atoms with E-state index in [-0.39, 0.29) is 12.1 Å². The molecule has 1 aliphatic rings. The minimum absolute atomic E-state index is 0.113. The second kappa shape index (κ2) is 6.89. The van der Waals surface area contributed by atoms with Crippen LogP contribution >= 0.6 is 0 Å². The van der Waals surface area contributed by atoms with Crippen LogP contribution < -0.4 is 16.0 Å². The van der Waals surface area contributed by atoms with Crippen molar-refractivity contribution in [3.05, 3.63) is 29.8 Å². The van der Waals surface area contributed by atoms with Crippen LogP contribution in [0.2, 0.25) is 0 Å². The molecule has 0 aliphatic carbocycles. The zero-order valence-corrected chi connectivity index (χ0v) is 11.8. The lowest BCUT2D eigenvalue weighted by molar-refractivity contribution is 0.181. The van der Waals surface area contributed by atoms with Crippen LogP contribution in [-0.4, -0.2) is 19.3 Å². The highest BCUT2D eigenvalue weighted by atomic mass is 16.5. The van der Waals surface area contributed by atoms with Gasteiger partial charge in [-0.1, -0.05) is 18.2 Å². The number of benzene rings is 1. The van der Waals surface area contributed by atoms with Gasteiger partial charge in [-0.25, -0.2) is 0 Å². The average Bonchev–Trinajstić information content (AvgIpc) is 2.89. The number of nitrogens with two attached hydrogens (primary N) is 1. The summed E-state index contributed by atoms with van der Waals surface area (Å²) in [5, 5.41) is 0. The third-order valence-corrected chi connectivity index (χ3v) is 3.45. The first-order valence-electron chi connectivity index (χ1n) is 7.00. The van der Waals surface area contributed by atoms with Crippen LogP contribution in [0.25, 0.3) is 0 Å². The monoisotopic (exact) mass is 264 g/mol. The maximum Gasteiger partial charge on any atom is 0.124 e. The Labute approximate surface area is 115 Å². The van der Waals surface area contributed by atoms with E-state index in [1.165, 1.54) is 0 Å². The van der Waals surface area contributed by atoms with Crippen LogP contribution in [0, 0.1) is 5.92 Å². The Hall–Kier alpha value is -1.10. The van der Waals surface area contributed by atoms with Crippen molar-refractivity contribution in [2.24, 2.45) is 11.8 Å². The maximum atomic E-state index is 5.87. The number of para-hydroxylation sites is 1. The van der Waals surface area contributed by atoms with Crippen molar-refractivity contribution in [1.82, 2.24) is 5.43 Å². The summed E-state index contributed by atoms with van der Waals surface area (Å²) in [7, 11) is 0. The van der Waals surface area contributed by atoms with Gasteiger partial charge in [0.15, 0.2) is 0 Å². The van der Waals surface area contributed by atoms with E-state index in [9.17, 15) is 0 Å². The standard InChI is InChI=1S/C15H24N2O2/c1-11(2)19-15-6-4-3-5-13(15)14(17-16)9-12-7-8-18-10-12/h3-6,11-12,14,17H,7-10,16H2,1-2H3. The molecular formula is C15H24N2O2. The van der Waals surface area contributed by atoms with Crippen molar-refractivity contribution < 1.29 is 9.47 Å². The Morgan fingerprint density at radius 3 is 2.84 bits per heavy atom. The number of nitrogens with one attached hydrogen (secondary N) is 1. The molecule has 2 atom stereocenters. The molecule has 3 N–H and O–H groups in total. The van der Waals surface area contributed by atoms with Crippen molar-refractivity contribution in [1.29, 1.82) is 0 Å². The van der Waals surface area contributed by atoms with E-state index in [2.05, 4.69) is 11.5 Å². The SMILES string of the molecule is CC(C)Oc1ccccc1C(CC1CCOC1)NN. The van der Waals surface area contributed by atoms with E-state index >= 15 is 0 Å². The Morgan fingerprint density at radius 2 is 2.21 bits per heavy atom. The molecular weight excluding hydrogens is 240 g/mol. The van der Waals surface area contributed by atoms with Gasteiger partial charge < -0.3 is 9.47 Å². The van der Waals surface area contributed by atoms with Gasteiger partial charge in [-0.3, -0.25) is 11.3 Å². The summed E-state index contributed by atoms with van der Waals surface area (Å²) in [6.07, 6.45) is 2.26. The summed E-state index contributed by atoms with van der Waals surface area (Å²) < 4.78 is 11.3. The van der Waals surface area contributed by atoms with Gasteiger partial charge >= 0.3 is 0 Å². The fourth-order valence-electron chi connectivity index (χ4n) is 2.52. The fourth-order valence-corrected chi connectivity index (χ4v) is 2.52. The highest BCUT2D eigenvalue weighted by molar-refractivity contribution is 5.36. The van der Waals surface area contributed by atoms with E-state index in [0.29, 0.717) is 5.92 Å². The van der Waals surface area contributed by atoms with Crippen LogP contribution in [0.5, 0.6) is 5.75 Å². The zero-order chi connectivity index (χ0) is 13.7. The van der Waals surface area contributed by atoms with Crippen molar-refractivity contribution in [2.75, 3.05) is 13.2 Å². The number of rotatable bonds is 6. The summed E-state index contributed by atoms with van der Waals surface area (Å²) in [6, 6.07) is 8.22. The first-order chi connectivity index (χ1) is 9.20.